The lowest BCUT2D eigenvalue weighted by atomic mass is 9.53. The van der Waals surface area contributed by atoms with E-state index < -0.39 is 29.2 Å². The molecule has 0 bridgehead atoms. The molecule has 1 aromatic rings. The summed E-state index contributed by atoms with van der Waals surface area (Å²) in [6.45, 7) is 7.00. The van der Waals surface area contributed by atoms with Gasteiger partial charge in [-0.25, -0.2) is 9.18 Å². The molecule has 0 saturated heterocycles. The highest BCUT2D eigenvalue weighted by atomic mass is 19.1. The van der Waals surface area contributed by atoms with Crippen molar-refractivity contribution in [1.29, 1.82) is 0 Å². The highest BCUT2D eigenvalue weighted by Crippen LogP contribution is 2.38. The van der Waals surface area contributed by atoms with E-state index in [1.165, 1.54) is 19.2 Å². The Balaban J connectivity index is 2.67. The normalized spacial score (nSPS) is 15.5. The summed E-state index contributed by atoms with van der Waals surface area (Å²) < 4.78 is 23.7. The van der Waals surface area contributed by atoms with Gasteiger partial charge < -0.3 is 9.47 Å². The molecule has 0 aliphatic rings. The summed E-state index contributed by atoms with van der Waals surface area (Å²) in [5, 5.41) is -0.965. The van der Waals surface area contributed by atoms with Crippen LogP contribution in [0.2, 0.25) is 5.31 Å². The fourth-order valence-corrected chi connectivity index (χ4v) is 2.14. The highest BCUT2D eigenvalue weighted by molar-refractivity contribution is 6.33. The van der Waals surface area contributed by atoms with Gasteiger partial charge in [-0.05, 0) is 37.2 Å². The first-order valence-electron chi connectivity index (χ1n) is 8.29. The highest BCUT2D eigenvalue weighted by Gasteiger charge is 2.38. The predicted octanol–water partition coefficient (Wildman–Crippen LogP) is 1.15. The van der Waals surface area contributed by atoms with Crippen molar-refractivity contribution >= 4 is 27.6 Å². The number of rotatable bonds is 9. The number of carbonyl (C=O) groups is 2. The Kier molecular flexibility index (Phi) is 7.87. The Bertz CT molecular complexity index is 624. The number of ether oxygens (including phenoxy) is 2. The molecule has 25 heavy (non-hydrogen) atoms. The quantitative estimate of drug-likeness (QED) is 0.290. The molecule has 3 unspecified atom stereocenters. The van der Waals surface area contributed by atoms with Crippen molar-refractivity contribution in [2.45, 2.75) is 43.9 Å². The maximum absolute atomic E-state index is 13.4. The zero-order valence-corrected chi connectivity index (χ0v) is 15.3. The molecule has 0 saturated carbocycles. The summed E-state index contributed by atoms with van der Waals surface area (Å²) >= 11 is 0. The van der Waals surface area contributed by atoms with Crippen molar-refractivity contribution < 1.29 is 23.5 Å². The molecule has 0 spiro atoms. The summed E-state index contributed by atoms with van der Waals surface area (Å²) in [6.07, 6.45) is 4.76. The molecule has 0 fully saturated rings. The molecule has 0 aromatic carbocycles. The van der Waals surface area contributed by atoms with E-state index in [2.05, 4.69) is 11.6 Å². The predicted molar refractivity (Wildman–Crippen MR) is 98.3 cm³/mol. The van der Waals surface area contributed by atoms with E-state index in [9.17, 15) is 14.0 Å². The van der Waals surface area contributed by atoms with Crippen LogP contribution in [0.1, 0.15) is 38.1 Å². The average Bonchev–Trinajstić information content (AvgIpc) is 2.57. The number of pyridine rings is 1. The Morgan fingerprint density at radius 3 is 2.76 bits per heavy atom. The molecule has 5 nitrogen and oxygen atoms in total. The van der Waals surface area contributed by atoms with E-state index in [1.54, 1.807) is 28.7 Å². The molecule has 8 heteroatoms. The van der Waals surface area contributed by atoms with Gasteiger partial charge in [-0.1, -0.05) is 13.0 Å². The van der Waals surface area contributed by atoms with Gasteiger partial charge in [0.25, 0.3) is 0 Å². The van der Waals surface area contributed by atoms with Crippen molar-refractivity contribution in [2.24, 2.45) is 0 Å². The molecule has 1 aromatic heterocycles. The minimum atomic E-state index is -1.01. The second-order valence-electron chi connectivity index (χ2n) is 6.53. The van der Waals surface area contributed by atoms with Crippen molar-refractivity contribution in [1.82, 2.24) is 4.98 Å². The summed E-state index contributed by atoms with van der Waals surface area (Å²) in [6, 6.07) is 1.34. The first-order valence-corrected chi connectivity index (χ1v) is 8.29. The molecule has 0 aliphatic heterocycles. The Morgan fingerprint density at radius 1 is 1.48 bits per heavy atom. The second-order valence-corrected chi connectivity index (χ2v) is 6.53. The maximum Gasteiger partial charge on any atom is 0.347 e. The minimum absolute atomic E-state index is 0.251. The van der Waals surface area contributed by atoms with Crippen molar-refractivity contribution in [3.05, 3.63) is 42.5 Å². The molecule has 0 radical (unpaired) electrons. The lowest BCUT2D eigenvalue weighted by molar-refractivity contribution is -0.168. The number of esters is 2. The molecule has 0 amide bonds. The topological polar surface area (TPSA) is 65.5 Å². The average molecular weight is 347 g/mol. The number of nitrogens with zero attached hydrogens (tertiary/aromatic N) is 1. The summed E-state index contributed by atoms with van der Waals surface area (Å²) in [5.74, 6) is -1.96. The van der Waals surface area contributed by atoms with Crippen LogP contribution in [-0.4, -0.2) is 45.3 Å². The number of unbranched alkanes of at least 4 members (excludes halogenated alkanes) is 1. The number of allylic oxidation sites excluding steroid dienone is 1. The molecular formula is C17H24B2FNO4. The van der Waals surface area contributed by atoms with Crippen LogP contribution in [0.3, 0.4) is 0 Å². The maximum atomic E-state index is 13.4. The van der Waals surface area contributed by atoms with Crippen LogP contribution < -0.4 is 0 Å². The van der Waals surface area contributed by atoms with Crippen LogP contribution in [-0.2, 0) is 19.1 Å². The van der Waals surface area contributed by atoms with E-state index in [0.717, 1.165) is 12.6 Å². The molecule has 134 valence electrons. The Morgan fingerprint density at radius 2 is 2.16 bits per heavy atom. The molecular weight excluding hydrogens is 323 g/mol. The van der Waals surface area contributed by atoms with E-state index >= 15 is 0 Å². The van der Waals surface area contributed by atoms with Crippen molar-refractivity contribution in [3.8, 4) is 0 Å². The van der Waals surface area contributed by atoms with Crippen LogP contribution >= 0.6 is 0 Å². The molecule has 0 N–H and O–H groups in total. The monoisotopic (exact) mass is 347 g/mol. The first-order chi connectivity index (χ1) is 11.7. The number of carbonyl (C=O) groups excluding carboxylic acids is 2. The fraction of sp³-hybridized carbons (Fsp3) is 0.471. The summed E-state index contributed by atoms with van der Waals surface area (Å²) in [7, 11) is 3.48. The minimum Gasteiger partial charge on any atom is -0.463 e. The third kappa shape index (κ3) is 6.03. The van der Waals surface area contributed by atoms with E-state index in [4.69, 9.17) is 9.47 Å². The van der Waals surface area contributed by atoms with Gasteiger partial charge >= 0.3 is 11.9 Å². The van der Waals surface area contributed by atoms with Crippen LogP contribution in [0.5, 0.6) is 0 Å². The van der Waals surface area contributed by atoms with Gasteiger partial charge in [0, 0.05) is 11.5 Å². The number of hydrogen-bond acceptors (Lipinski definition) is 5. The van der Waals surface area contributed by atoms with E-state index in [1.807, 2.05) is 0 Å². The molecule has 3 atom stereocenters. The van der Waals surface area contributed by atoms with Gasteiger partial charge in [-0.15, -0.1) is 6.58 Å². The van der Waals surface area contributed by atoms with E-state index in [-0.39, 0.29) is 12.4 Å². The SMILES string of the molecule is BC(c1cncc(F)c1)C(B)(C)C(=O)OC(C)C(=O)OCCCC=C. The second kappa shape index (κ2) is 9.39. The van der Waals surface area contributed by atoms with Crippen molar-refractivity contribution in [2.75, 3.05) is 6.61 Å². The van der Waals surface area contributed by atoms with E-state index in [0.29, 0.717) is 12.0 Å². The van der Waals surface area contributed by atoms with Gasteiger partial charge in [0.2, 0.25) is 0 Å². The summed E-state index contributed by atoms with van der Waals surface area (Å²) in [4.78, 5) is 28.2. The smallest absolute Gasteiger partial charge is 0.347 e. The van der Waals surface area contributed by atoms with Gasteiger partial charge in [0.05, 0.1) is 12.8 Å². The molecule has 1 rings (SSSR count). The fourth-order valence-electron chi connectivity index (χ4n) is 2.14. The zero-order chi connectivity index (χ0) is 19.0. The van der Waals surface area contributed by atoms with Gasteiger partial charge in [-0.2, -0.15) is 0 Å². The zero-order valence-electron chi connectivity index (χ0n) is 15.3. The van der Waals surface area contributed by atoms with Crippen LogP contribution in [0, 0.1) is 5.82 Å². The van der Waals surface area contributed by atoms with Gasteiger partial charge in [0.1, 0.15) is 21.5 Å². The first kappa shape index (κ1) is 20.9. The van der Waals surface area contributed by atoms with Crippen LogP contribution in [0.15, 0.2) is 31.1 Å². The van der Waals surface area contributed by atoms with Gasteiger partial charge in [-0.3, -0.25) is 9.78 Å². The van der Waals surface area contributed by atoms with Gasteiger partial charge in [0.15, 0.2) is 6.10 Å². The number of aromatic nitrogens is 1. The van der Waals surface area contributed by atoms with Crippen molar-refractivity contribution in [3.63, 3.8) is 0 Å². The Labute approximate surface area is 149 Å². The lowest BCUT2D eigenvalue weighted by Crippen LogP contribution is -2.35. The van der Waals surface area contributed by atoms with Crippen LogP contribution in [0.4, 0.5) is 4.39 Å². The summed E-state index contributed by atoms with van der Waals surface area (Å²) in [5.41, 5.74) is 0.585. The third-order valence-corrected chi connectivity index (χ3v) is 4.25. The molecule has 0 aliphatic carbocycles. The lowest BCUT2D eigenvalue weighted by Gasteiger charge is -2.31. The van der Waals surface area contributed by atoms with Crippen LogP contribution in [0.25, 0.3) is 0 Å². The standard InChI is InChI=1S/C17H24B2FNO4/c1-4-5-6-7-24-15(22)11(2)25-16(23)17(3,19)14(18)12-8-13(20)10-21-9-12/h4,8-11,14H,1,5-7,18-19H2,2-3H3. The number of halogens is 1. The largest absolute Gasteiger partial charge is 0.463 e. The number of hydrogen-bond donors (Lipinski definition) is 0. The third-order valence-electron chi connectivity index (χ3n) is 4.25. The molecule has 1 heterocycles. The Hall–Kier alpha value is -2.11.